The third kappa shape index (κ3) is 5.19. The SMILES string of the molecule is CNCCN(C)CC(=O)Nc1c(C)cc(C)cc1Cl. The molecule has 0 radical (unpaired) electrons. The van der Waals surface area contributed by atoms with E-state index in [1.54, 1.807) is 0 Å². The van der Waals surface area contributed by atoms with E-state index in [2.05, 4.69) is 10.6 Å². The number of carbonyl (C=O) groups is 1. The third-order valence-electron chi connectivity index (χ3n) is 2.85. The van der Waals surface area contributed by atoms with Crippen LogP contribution in [0.4, 0.5) is 5.69 Å². The fourth-order valence-electron chi connectivity index (χ4n) is 1.88. The van der Waals surface area contributed by atoms with Gasteiger partial charge in [-0.15, -0.1) is 0 Å². The van der Waals surface area contributed by atoms with Crippen molar-refractivity contribution in [3.05, 3.63) is 28.3 Å². The predicted molar refractivity (Wildman–Crippen MR) is 81.0 cm³/mol. The molecule has 106 valence electrons. The topological polar surface area (TPSA) is 44.4 Å². The summed E-state index contributed by atoms with van der Waals surface area (Å²) in [5, 5.41) is 6.52. The number of hydrogen-bond acceptors (Lipinski definition) is 3. The minimum Gasteiger partial charge on any atom is -0.323 e. The molecule has 0 bridgehead atoms. The van der Waals surface area contributed by atoms with Crippen LogP contribution in [0.2, 0.25) is 5.02 Å². The molecular formula is C14H22ClN3O. The molecule has 0 atom stereocenters. The predicted octanol–water partition coefficient (Wildman–Crippen LogP) is 2.05. The minimum absolute atomic E-state index is 0.0487. The maximum atomic E-state index is 11.9. The second-order valence-electron chi connectivity index (χ2n) is 4.83. The number of carbonyl (C=O) groups excluding carboxylic acids is 1. The lowest BCUT2D eigenvalue weighted by atomic mass is 10.1. The van der Waals surface area contributed by atoms with Crippen LogP contribution >= 0.6 is 11.6 Å². The van der Waals surface area contributed by atoms with Crippen molar-refractivity contribution in [2.24, 2.45) is 0 Å². The minimum atomic E-state index is -0.0487. The maximum Gasteiger partial charge on any atom is 0.238 e. The Morgan fingerprint density at radius 2 is 2.05 bits per heavy atom. The van der Waals surface area contributed by atoms with Gasteiger partial charge in [0.2, 0.25) is 5.91 Å². The molecule has 0 aliphatic heterocycles. The highest BCUT2D eigenvalue weighted by Crippen LogP contribution is 2.27. The van der Waals surface area contributed by atoms with Gasteiger partial charge >= 0.3 is 0 Å². The molecule has 0 heterocycles. The number of aryl methyl sites for hydroxylation is 2. The normalized spacial score (nSPS) is 10.8. The average molecular weight is 284 g/mol. The van der Waals surface area contributed by atoms with Crippen LogP contribution in [0.3, 0.4) is 0 Å². The highest BCUT2D eigenvalue weighted by Gasteiger charge is 2.11. The van der Waals surface area contributed by atoms with Crippen LogP contribution in [0.25, 0.3) is 0 Å². The van der Waals surface area contributed by atoms with Crippen LogP contribution in [-0.2, 0) is 4.79 Å². The number of halogens is 1. The first-order valence-electron chi connectivity index (χ1n) is 6.33. The lowest BCUT2D eigenvalue weighted by Gasteiger charge is -2.17. The molecule has 0 aromatic heterocycles. The third-order valence-corrected chi connectivity index (χ3v) is 3.15. The number of anilines is 1. The van der Waals surface area contributed by atoms with Crippen LogP contribution < -0.4 is 10.6 Å². The first-order valence-corrected chi connectivity index (χ1v) is 6.71. The van der Waals surface area contributed by atoms with Gasteiger partial charge in [-0.1, -0.05) is 17.7 Å². The molecule has 2 N–H and O–H groups in total. The number of nitrogens with zero attached hydrogens (tertiary/aromatic N) is 1. The maximum absolute atomic E-state index is 11.9. The number of nitrogens with one attached hydrogen (secondary N) is 2. The van der Waals surface area contributed by atoms with Gasteiger partial charge in [-0.2, -0.15) is 0 Å². The molecule has 5 heteroatoms. The van der Waals surface area contributed by atoms with Crippen LogP contribution in [0.15, 0.2) is 12.1 Å². The summed E-state index contributed by atoms with van der Waals surface area (Å²) in [6.45, 7) is 5.96. The Morgan fingerprint density at radius 3 is 2.63 bits per heavy atom. The second kappa shape index (κ2) is 7.48. The lowest BCUT2D eigenvalue weighted by molar-refractivity contribution is -0.117. The van der Waals surface area contributed by atoms with Crippen molar-refractivity contribution in [3.8, 4) is 0 Å². The number of benzene rings is 1. The highest BCUT2D eigenvalue weighted by molar-refractivity contribution is 6.34. The zero-order valence-electron chi connectivity index (χ0n) is 12.0. The number of rotatable bonds is 6. The van der Waals surface area contributed by atoms with Crippen LogP contribution in [0, 0.1) is 13.8 Å². The van der Waals surface area contributed by atoms with Crippen molar-refractivity contribution in [1.82, 2.24) is 10.2 Å². The summed E-state index contributed by atoms with van der Waals surface area (Å²) in [5.74, 6) is -0.0487. The lowest BCUT2D eigenvalue weighted by Crippen LogP contribution is -2.34. The Hall–Kier alpha value is -1.10. The van der Waals surface area contributed by atoms with E-state index in [1.807, 2.05) is 45.0 Å². The zero-order chi connectivity index (χ0) is 14.4. The van der Waals surface area contributed by atoms with E-state index in [1.165, 1.54) is 0 Å². The molecule has 0 saturated heterocycles. The van der Waals surface area contributed by atoms with Crippen LogP contribution in [-0.4, -0.2) is 44.5 Å². The summed E-state index contributed by atoms with van der Waals surface area (Å²) >= 11 is 6.16. The van der Waals surface area contributed by atoms with Gasteiger partial charge in [0.25, 0.3) is 0 Å². The van der Waals surface area contributed by atoms with Gasteiger partial charge in [0.15, 0.2) is 0 Å². The molecule has 0 aliphatic carbocycles. The molecule has 19 heavy (non-hydrogen) atoms. The van der Waals surface area contributed by atoms with Crippen molar-refractivity contribution >= 4 is 23.2 Å². The first-order chi connectivity index (χ1) is 8.93. The Balaban J connectivity index is 2.62. The van der Waals surface area contributed by atoms with E-state index < -0.39 is 0 Å². The van der Waals surface area contributed by atoms with E-state index in [-0.39, 0.29) is 5.91 Å². The standard InChI is InChI=1S/C14H22ClN3O/c1-10-7-11(2)14(12(15)8-10)17-13(19)9-18(4)6-5-16-3/h7-8,16H,5-6,9H2,1-4H3,(H,17,19). The Morgan fingerprint density at radius 1 is 1.37 bits per heavy atom. The molecule has 1 amide bonds. The molecule has 0 fully saturated rings. The molecule has 1 aromatic carbocycles. The smallest absolute Gasteiger partial charge is 0.238 e. The molecule has 0 saturated carbocycles. The Kier molecular flexibility index (Phi) is 6.28. The van der Waals surface area contributed by atoms with Gasteiger partial charge in [0.05, 0.1) is 17.3 Å². The monoisotopic (exact) mass is 283 g/mol. The summed E-state index contributed by atoms with van der Waals surface area (Å²) in [5.41, 5.74) is 2.78. The summed E-state index contributed by atoms with van der Waals surface area (Å²) in [7, 11) is 3.81. The molecular weight excluding hydrogens is 262 g/mol. The average Bonchev–Trinajstić information content (AvgIpc) is 2.31. The molecule has 0 aliphatic rings. The number of likely N-dealkylation sites (N-methyl/N-ethyl adjacent to an activating group) is 2. The van der Waals surface area contributed by atoms with Gasteiger partial charge in [-0.05, 0) is 45.1 Å². The van der Waals surface area contributed by atoms with Crippen LogP contribution in [0.5, 0.6) is 0 Å². The quantitative estimate of drug-likeness (QED) is 0.840. The molecule has 0 unspecified atom stereocenters. The van der Waals surface area contributed by atoms with Crippen molar-refractivity contribution in [3.63, 3.8) is 0 Å². The van der Waals surface area contributed by atoms with E-state index >= 15 is 0 Å². The van der Waals surface area contributed by atoms with Gasteiger partial charge in [-0.25, -0.2) is 0 Å². The van der Waals surface area contributed by atoms with Gasteiger partial charge in [-0.3, -0.25) is 9.69 Å². The van der Waals surface area contributed by atoms with Crippen LogP contribution in [0.1, 0.15) is 11.1 Å². The highest BCUT2D eigenvalue weighted by atomic mass is 35.5. The number of amides is 1. The summed E-state index contributed by atoms with van der Waals surface area (Å²) in [6, 6.07) is 3.86. The summed E-state index contributed by atoms with van der Waals surface area (Å²) in [4.78, 5) is 13.9. The van der Waals surface area contributed by atoms with E-state index in [4.69, 9.17) is 11.6 Å². The van der Waals surface area contributed by atoms with Crippen molar-refractivity contribution in [2.45, 2.75) is 13.8 Å². The van der Waals surface area contributed by atoms with Gasteiger partial charge in [0, 0.05) is 13.1 Å². The second-order valence-corrected chi connectivity index (χ2v) is 5.24. The summed E-state index contributed by atoms with van der Waals surface area (Å²) < 4.78 is 0. The zero-order valence-corrected chi connectivity index (χ0v) is 12.8. The number of hydrogen-bond donors (Lipinski definition) is 2. The molecule has 0 spiro atoms. The van der Waals surface area contributed by atoms with Gasteiger partial charge < -0.3 is 10.6 Å². The molecule has 4 nitrogen and oxygen atoms in total. The fourth-order valence-corrected chi connectivity index (χ4v) is 2.25. The summed E-state index contributed by atoms with van der Waals surface area (Å²) in [6.07, 6.45) is 0. The fraction of sp³-hybridized carbons (Fsp3) is 0.500. The van der Waals surface area contributed by atoms with Crippen molar-refractivity contribution in [1.29, 1.82) is 0 Å². The first kappa shape index (κ1) is 16.0. The molecule has 1 rings (SSSR count). The van der Waals surface area contributed by atoms with Crippen molar-refractivity contribution in [2.75, 3.05) is 39.0 Å². The Bertz CT molecular complexity index is 425. The van der Waals surface area contributed by atoms with E-state index in [0.29, 0.717) is 17.3 Å². The van der Waals surface area contributed by atoms with Crippen molar-refractivity contribution < 1.29 is 4.79 Å². The molecule has 1 aromatic rings. The Labute approximate surface area is 120 Å². The van der Waals surface area contributed by atoms with E-state index in [0.717, 1.165) is 24.2 Å². The van der Waals surface area contributed by atoms with Gasteiger partial charge in [0.1, 0.15) is 0 Å². The van der Waals surface area contributed by atoms with E-state index in [9.17, 15) is 4.79 Å². The largest absolute Gasteiger partial charge is 0.323 e.